The summed E-state index contributed by atoms with van der Waals surface area (Å²) in [6, 6.07) is 0. The summed E-state index contributed by atoms with van der Waals surface area (Å²) in [5, 5.41) is 8.70. The Kier molecular flexibility index (Phi) is 4.95. The highest BCUT2D eigenvalue weighted by Gasteiger charge is 2.26. The lowest BCUT2D eigenvalue weighted by Crippen LogP contribution is -2.29. The number of aliphatic carboxylic acids is 1. The second-order valence-electron chi connectivity index (χ2n) is 4.99. The van der Waals surface area contributed by atoms with E-state index in [1.165, 1.54) is 0 Å². The van der Waals surface area contributed by atoms with E-state index in [0.29, 0.717) is 6.54 Å². The number of carboxylic acid groups (broad SMARTS) is 1. The molecule has 3 nitrogen and oxygen atoms in total. The van der Waals surface area contributed by atoms with Crippen LogP contribution in [-0.4, -0.2) is 28.1 Å². The molecule has 0 unspecified atom stereocenters. The van der Waals surface area contributed by atoms with E-state index in [-0.39, 0.29) is 16.6 Å². The van der Waals surface area contributed by atoms with E-state index in [2.05, 4.69) is 13.8 Å². The molecule has 0 rings (SSSR count). The maximum absolute atomic E-state index is 10.6. The molecule has 0 aliphatic carbocycles. The van der Waals surface area contributed by atoms with Gasteiger partial charge in [0.15, 0.2) is 0 Å². The van der Waals surface area contributed by atoms with Gasteiger partial charge in [0.1, 0.15) is 0 Å². The van der Waals surface area contributed by atoms with E-state index in [9.17, 15) is 4.79 Å². The predicted octanol–water partition coefficient (Wildman–Crippen LogP) is 1.96. The van der Waals surface area contributed by atoms with Crippen molar-refractivity contribution in [3.63, 3.8) is 0 Å². The Bertz CT molecular complexity index is 202. The molecule has 3 N–H and O–H groups in total. The smallest absolute Gasteiger partial charge is 0.304 e. The van der Waals surface area contributed by atoms with Crippen molar-refractivity contribution in [2.45, 2.75) is 38.9 Å². The molecule has 0 aliphatic rings. The minimum absolute atomic E-state index is 0.0838. The van der Waals surface area contributed by atoms with Crippen molar-refractivity contribution in [3.05, 3.63) is 0 Å². The van der Waals surface area contributed by atoms with Crippen molar-refractivity contribution in [1.29, 1.82) is 0 Å². The molecule has 0 radical (unpaired) electrons. The summed E-state index contributed by atoms with van der Waals surface area (Å²) in [6.45, 7) is 8.73. The highest BCUT2D eigenvalue weighted by atomic mass is 32.2. The van der Waals surface area contributed by atoms with Gasteiger partial charge >= 0.3 is 5.97 Å². The van der Waals surface area contributed by atoms with Gasteiger partial charge in [0, 0.05) is 10.5 Å². The average Bonchev–Trinajstić information content (AvgIpc) is 1.99. The first-order valence-electron chi connectivity index (χ1n) is 4.74. The van der Waals surface area contributed by atoms with Crippen LogP contribution in [0.2, 0.25) is 0 Å². The Morgan fingerprint density at radius 3 is 2.21 bits per heavy atom. The molecule has 0 aliphatic heterocycles. The van der Waals surface area contributed by atoms with Crippen molar-refractivity contribution in [3.8, 4) is 0 Å². The van der Waals surface area contributed by atoms with Gasteiger partial charge in [-0.2, -0.15) is 11.8 Å². The standard InChI is InChI=1S/C10H21NO2S/c1-9(2,6-11)7-14-10(3,4)5-8(12)13/h5-7,11H2,1-4H3,(H,12,13). The Balaban J connectivity index is 4.04. The third-order valence-corrected chi connectivity index (χ3v) is 3.83. The van der Waals surface area contributed by atoms with E-state index in [1.54, 1.807) is 11.8 Å². The zero-order valence-electron chi connectivity index (χ0n) is 9.46. The monoisotopic (exact) mass is 219 g/mol. The van der Waals surface area contributed by atoms with Crippen LogP contribution in [0.4, 0.5) is 0 Å². The quantitative estimate of drug-likeness (QED) is 0.717. The highest BCUT2D eigenvalue weighted by molar-refractivity contribution is 8.00. The molecule has 0 saturated heterocycles. The summed E-state index contributed by atoms with van der Waals surface area (Å²) in [6.07, 6.45) is 0.193. The molecule has 84 valence electrons. The maximum atomic E-state index is 10.6. The van der Waals surface area contributed by atoms with E-state index in [0.717, 1.165) is 5.75 Å². The zero-order chi connectivity index (χ0) is 11.4. The van der Waals surface area contributed by atoms with Crippen molar-refractivity contribution < 1.29 is 9.90 Å². The minimum Gasteiger partial charge on any atom is -0.481 e. The average molecular weight is 219 g/mol. The van der Waals surface area contributed by atoms with Crippen LogP contribution in [0.25, 0.3) is 0 Å². The highest BCUT2D eigenvalue weighted by Crippen LogP contribution is 2.33. The number of rotatable bonds is 6. The first-order chi connectivity index (χ1) is 6.18. The van der Waals surface area contributed by atoms with E-state index in [4.69, 9.17) is 10.8 Å². The lowest BCUT2D eigenvalue weighted by atomic mass is 9.97. The van der Waals surface area contributed by atoms with Crippen LogP contribution in [0.5, 0.6) is 0 Å². The SMILES string of the molecule is CC(C)(CN)CSC(C)(C)CC(=O)O. The molecule has 0 bridgehead atoms. The van der Waals surface area contributed by atoms with Gasteiger partial charge in [-0.25, -0.2) is 0 Å². The molecule has 4 heteroatoms. The van der Waals surface area contributed by atoms with E-state index >= 15 is 0 Å². The van der Waals surface area contributed by atoms with Crippen molar-refractivity contribution >= 4 is 17.7 Å². The molecule has 14 heavy (non-hydrogen) atoms. The zero-order valence-corrected chi connectivity index (χ0v) is 10.3. The topological polar surface area (TPSA) is 63.3 Å². The Hall–Kier alpha value is -0.220. The number of nitrogens with two attached hydrogens (primary N) is 1. The number of hydrogen-bond donors (Lipinski definition) is 2. The predicted molar refractivity (Wildman–Crippen MR) is 61.6 cm³/mol. The number of carbonyl (C=O) groups is 1. The number of carboxylic acids is 1. The van der Waals surface area contributed by atoms with Crippen LogP contribution in [-0.2, 0) is 4.79 Å². The fourth-order valence-electron chi connectivity index (χ4n) is 0.865. The molecule has 0 heterocycles. The van der Waals surface area contributed by atoms with Crippen molar-refractivity contribution in [2.75, 3.05) is 12.3 Å². The first kappa shape index (κ1) is 13.8. The Morgan fingerprint density at radius 2 is 1.86 bits per heavy atom. The van der Waals surface area contributed by atoms with Gasteiger partial charge < -0.3 is 10.8 Å². The van der Waals surface area contributed by atoms with Gasteiger partial charge in [0.05, 0.1) is 6.42 Å². The molecule has 0 saturated carbocycles. The molecule has 0 spiro atoms. The summed E-state index contributed by atoms with van der Waals surface area (Å²) >= 11 is 1.68. The summed E-state index contributed by atoms with van der Waals surface area (Å²) in [5.41, 5.74) is 5.69. The van der Waals surface area contributed by atoms with Crippen molar-refractivity contribution in [1.82, 2.24) is 0 Å². The molecule has 0 aromatic rings. The van der Waals surface area contributed by atoms with Gasteiger partial charge in [-0.3, -0.25) is 4.79 Å². The molecule has 0 atom stereocenters. The lowest BCUT2D eigenvalue weighted by Gasteiger charge is -2.28. The summed E-state index contributed by atoms with van der Waals surface area (Å²) in [7, 11) is 0. The van der Waals surface area contributed by atoms with E-state index in [1.807, 2.05) is 13.8 Å². The fraction of sp³-hybridized carbons (Fsp3) is 0.900. The molecular formula is C10H21NO2S. The third kappa shape index (κ3) is 6.27. The Morgan fingerprint density at radius 1 is 1.36 bits per heavy atom. The molecule has 0 fully saturated rings. The van der Waals surface area contributed by atoms with Crippen LogP contribution in [0.1, 0.15) is 34.1 Å². The van der Waals surface area contributed by atoms with Gasteiger partial charge in [-0.15, -0.1) is 0 Å². The van der Waals surface area contributed by atoms with Gasteiger partial charge in [-0.05, 0) is 12.0 Å². The summed E-state index contributed by atoms with van der Waals surface area (Å²) in [5.74, 6) is 0.150. The largest absolute Gasteiger partial charge is 0.481 e. The van der Waals surface area contributed by atoms with Crippen LogP contribution in [0.15, 0.2) is 0 Å². The van der Waals surface area contributed by atoms with Crippen LogP contribution in [0.3, 0.4) is 0 Å². The number of hydrogen-bond acceptors (Lipinski definition) is 3. The second kappa shape index (κ2) is 5.03. The maximum Gasteiger partial charge on any atom is 0.304 e. The normalized spacial score (nSPS) is 12.9. The fourth-order valence-corrected chi connectivity index (χ4v) is 1.99. The van der Waals surface area contributed by atoms with Crippen LogP contribution < -0.4 is 5.73 Å². The van der Waals surface area contributed by atoms with E-state index < -0.39 is 5.97 Å². The number of thioether (sulfide) groups is 1. The molecular weight excluding hydrogens is 198 g/mol. The minimum atomic E-state index is -0.743. The van der Waals surface area contributed by atoms with Crippen LogP contribution >= 0.6 is 11.8 Å². The second-order valence-corrected chi connectivity index (χ2v) is 6.67. The Labute approximate surface area is 90.4 Å². The van der Waals surface area contributed by atoms with Gasteiger partial charge in [-0.1, -0.05) is 27.7 Å². The van der Waals surface area contributed by atoms with Crippen LogP contribution in [0, 0.1) is 5.41 Å². The summed E-state index contributed by atoms with van der Waals surface area (Å²) in [4.78, 5) is 10.6. The van der Waals surface area contributed by atoms with Gasteiger partial charge in [0.25, 0.3) is 0 Å². The van der Waals surface area contributed by atoms with Gasteiger partial charge in [0.2, 0.25) is 0 Å². The summed E-state index contributed by atoms with van der Waals surface area (Å²) < 4.78 is -0.210. The molecule has 0 aromatic heterocycles. The molecule has 0 aromatic carbocycles. The molecule has 0 amide bonds. The third-order valence-electron chi connectivity index (χ3n) is 1.98. The lowest BCUT2D eigenvalue weighted by molar-refractivity contribution is -0.137. The van der Waals surface area contributed by atoms with Crippen molar-refractivity contribution in [2.24, 2.45) is 11.1 Å². The first-order valence-corrected chi connectivity index (χ1v) is 5.73.